The highest BCUT2D eigenvalue weighted by Crippen LogP contribution is 2.27. The molecule has 0 unspecified atom stereocenters. The summed E-state index contributed by atoms with van der Waals surface area (Å²) in [4.78, 5) is 28.1. The number of carbonyl (C=O) groups is 1. The molecule has 1 atom stereocenters. The molecule has 1 saturated heterocycles. The van der Waals surface area contributed by atoms with Crippen LogP contribution >= 0.6 is 0 Å². The van der Waals surface area contributed by atoms with Crippen molar-refractivity contribution in [3.63, 3.8) is 0 Å². The van der Waals surface area contributed by atoms with Gasteiger partial charge in [-0.15, -0.1) is 0 Å². The lowest BCUT2D eigenvalue weighted by Gasteiger charge is -2.32. The maximum absolute atomic E-state index is 13.0. The number of nitrogens with zero attached hydrogens (tertiary/aromatic N) is 5. The molecule has 0 bridgehead atoms. The summed E-state index contributed by atoms with van der Waals surface area (Å²) >= 11 is 0. The van der Waals surface area contributed by atoms with Crippen LogP contribution in [0, 0.1) is 0 Å². The highest BCUT2D eigenvalue weighted by Gasteiger charge is 2.28. The molecule has 1 fully saturated rings. The number of hydrogen-bond acceptors (Lipinski definition) is 5. The Kier molecular flexibility index (Phi) is 5.11. The summed E-state index contributed by atoms with van der Waals surface area (Å²) in [5, 5.41) is 0. The zero-order valence-electron chi connectivity index (χ0n) is 15.4. The predicted octanol–water partition coefficient (Wildman–Crippen LogP) is 2.49. The lowest BCUT2D eigenvalue weighted by molar-refractivity contribution is 0.0702. The minimum absolute atomic E-state index is 0.0438. The minimum Gasteiger partial charge on any atom is -0.383 e. The predicted molar refractivity (Wildman–Crippen MR) is 102 cm³/mol. The van der Waals surface area contributed by atoms with Crippen molar-refractivity contribution in [1.29, 1.82) is 0 Å². The Morgan fingerprint density at radius 3 is 2.89 bits per heavy atom. The number of benzene rings is 1. The van der Waals surface area contributed by atoms with Crippen LogP contribution in [0.5, 0.6) is 0 Å². The first-order valence-electron chi connectivity index (χ1n) is 9.26. The molecule has 2 aromatic heterocycles. The van der Waals surface area contributed by atoms with E-state index in [-0.39, 0.29) is 11.8 Å². The number of imidazole rings is 1. The Labute approximate surface area is 158 Å². The maximum atomic E-state index is 13.0. The van der Waals surface area contributed by atoms with Crippen molar-refractivity contribution in [1.82, 2.24) is 24.4 Å². The lowest BCUT2D eigenvalue weighted by atomic mass is 9.96. The number of methoxy groups -OCH3 is 1. The molecular weight excluding hydrogens is 342 g/mol. The van der Waals surface area contributed by atoms with Gasteiger partial charge in [-0.1, -0.05) is 0 Å². The second-order valence-corrected chi connectivity index (χ2v) is 6.82. The molecule has 7 nitrogen and oxygen atoms in total. The van der Waals surface area contributed by atoms with Crippen LogP contribution in [-0.4, -0.2) is 57.1 Å². The zero-order chi connectivity index (χ0) is 18.6. The summed E-state index contributed by atoms with van der Waals surface area (Å²) in [6.07, 6.45) is 9.13. The van der Waals surface area contributed by atoms with Crippen molar-refractivity contribution < 1.29 is 9.53 Å². The fourth-order valence-electron chi connectivity index (χ4n) is 3.71. The summed E-state index contributed by atoms with van der Waals surface area (Å²) in [5.41, 5.74) is 2.20. The van der Waals surface area contributed by atoms with Crippen molar-refractivity contribution >= 4 is 16.9 Å². The van der Waals surface area contributed by atoms with Crippen molar-refractivity contribution in [3.05, 3.63) is 54.4 Å². The average molecular weight is 365 g/mol. The van der Waals surface area contributed by atoms with Gasteiger partial charge in [0, 0.05) is 63.0 Å². The number of piperidine rings is 1. The SMILES string of the molecule is COCCn1ccnc1[C@@H]1CCCN(C(=O)c2ccc3nccnc3c2)C1. The third-order valence-corrected chi connectivity index (χ3v) is 5.07. The van der Waals surface area contributed by atoms with Gasteiger partial charge in [-0.2, -0.15) is 0 Å². The van der Waals surface area contributed by atoms with Gasteiger partial charge < -0.3 is 14.2 Å². The zero-order valence-corrected chi connectivity index (χ0v) is 15.4. The summed E-state index contributed by atoms with van der Waals surface area (Å²) in [6.45, 7) is 2.88. The monoisotopic (exact) mass is 365 g/mol. The largest absolute Gasteiger partial charge is 0.383 e. The van der Waals surface area contributed by atoms with Gasteiger partial charge in [0.15, 0.2) is 0 Å². The first kappa shape index (κ1) is 17.6. The standard InChI is InChI=1S/C20H23N5O2/c1-27-12-11-24-10-8-23-19(24)16-3-2-9-25(14-16)20(26)15-4-5-17-18(13-15)22-7-6-21-17/h4-8,10,13,16H,2-3,9,11-12,14H2,1H3/t16-/m1/s1. The van der Waals surface area contributed by atoms with Crippen LogP contribution in [0.2, 0.25) is 0 Å². The molecule has 27 heavy (non-hydrogen) atoms. The normalized spacial score (nSPS) is 17.4. The summed E-state index contributed by atoms with van der Waals surface area (Å²) < 4.78 is 7.32. The topological polar surface area (TPSA) is 73.1 Å². The molecule has 140 valence electrons. The van der Waals surface area contributed by atoms with E-state index in [1.807, 2.05) is 35.5 Å². The smallest absolute Gasteiger partial charge is 0.253 e. The molecule has 1 aliphatic heterocycles. The number of likely N-dealkylation sites (tertiary alicyclic amines) is 1. The summed E-state index contributed by atoms with van der Waals surface area (Å²) in [7, 11) is 1.70. The molecule has 7 heteroatoms. The molecule has 3 aromatic rings. The number of aromatic nitrogens is 4. The van der Waals surface area contributed by atoms with Gasteiger partial charge in [0.2, 0.25) is 0 Å². The van der Waals surface area contributed by atoms with Gasteiger partial charge in [-0.25, -0.2) is 4.98 Å². The van der Waals surface area contributed by atoms with E-state index in [4.69, 9.17) is 4.74 Å². The van der Waals surface area contributed by atoms with Gasteiger partial charge in [0.1, 0.15) is 5.82 Å². The van der Waals surface area contributed by atoms with E-state index in [1.54, 1.807) is 19.5 Å². The second kappa shape index (κ2) is 7.84. The molecule has 4 rings (SSSR count). The number of carbonyl (C=O) groups excluding carboxylic acids is 1. The Hall–Kier alpha value is -2.80. The molecule has 3 heterocycles. The van der Waals surface area contributed by atoms with E-state index in [2.05, 4.69) is 19.5 Å². The highest BCUT2D eigenvalue weighted by atomic mass is 16.5. The Bertz CT molecular complexity index is 939. The number of amides is 1. The van der Waals surface area contributed by atoms with Gasteiger partial charge in [0.05, 0.1) is 17.6 Å². The average Bonchev–Trinajstić information content (AvgIpc) is 3.20. The fraction of sp³-hybridized carbons (Fsp3) is 0.400. The molecular formula is C20H23N5O2. The van der Waals surface area contributed by atoms with Crippen LogP contribution < -0.4 is 0 Å². The first-order valence-corrected chi connectivity index (χ1v) is 9.26. The van der Waals surface area contributed by atoms with E-state index in [0.717, 1.165) is 42.8 Å². The molecule has 1 aliphatic rings. The first-order chi connectivity index (χ1) is 13.3. The van der Waals surface area contributed by atoms with E-state index in [0.29, 0.717) is 18.7 Å². The van der Waals surface area contributed by atoms with Crippen LogP contribution in [0.4, 0.5) is 0 Å². The Morgan fingerprint density at radius 1 is 1.19 bits per heavy atom. The fourth-order valence-corrected chi connectivity index (χ4v) is 3.71. The molecule has 0 radical (unpaired) electrons. The van der Waals surface area contributed by atoms with E-state index in [1.165, 1.54) is 0 Å². The molecule has 0 N–H and O–H groups in total. The third kappa shape index (κ3) is 3.68. The van der Waals surface area contributed by atoms with Crippen LogP contribution in [-0.2, 0) is 11.3 Å². The summed E-state index contributed by atoms with van der Waals surface area (Å²) in [5.74, 6) is 1.32. The number of hydrogen-bond donors (Lipinski definition) is 0. The van der Waals surface area contributed by atoms with Gasteiger partial charge in [-0.05, 0) is 31.0 Å². The van der Waals surface area contributed by atoms with Gasteiger partial charge in [-0.3, -0.25) is 14.8 Å². The van der Waals surface area contributed by atoms with E-state index < -0.39 is 0 Å². The van der Waals surface area contributed by atoms with Crippen molar-refractivity contribution in [2.45, 2.75) is 25.3 Å². The summed E-state index contributed by atoms with van der Waals surface area (Å²) in [6, 6.07) is 5.52. The molecule has 1 aromatic carbocycles. The Balaban J connectivity index is 1.52. The van der Waals surface area contributed by atoms with Crippen LogP contribution in [0.25, 0.3) is 11.0 Å². The highest BCUT2D eigenvalue weighted by molar-refractivity contribution is 5.97. The van der Waals surface area contributed by atoms with Crippen molar-refractivity contribution in [3.8, 4) is 0 Å². The van der Waals surface area contributed by atoms with Gasteiger partial charge in [0.25, 0.3) is 5.91 Å². The van der Waals surface area contributed by atoms with E-state index >= 15 is 0 Å². The van der Waals surface area contributed by atoms with E-state index in [9.17, 15) is 4.79 Å². The number of ether oxygens (including phenoxy) is 1. The quantitative estimate of drug-likeness (QED) is 0.695. The lowest BCUT2D eigenvalue weighted by Crippen LogP contribution is -2.39. The number of rotatable bonds is 5. The second-order valence-electron chi connectivity index (χ2n) is 6.82. The number of fused-ring (bicyclic) bond motifs is 1. The van der Waals surface area contributed by atoms with Crippen LogP contribution in [0.15, 0.2) is 43.0 Å². The molecule has 0 saturated carbocycles. The molecule has 0 spiro atoms. The van der Waals surface area contributed by atoms with Crippen molar-refractivity contribution in [2.75, 3.05) is 26.8 Å². The maximum Gasteiger partial charge on any atom is 0.253 e. The third-order valence-electron chi connectivity index (χ3n) is 5.07. The Morgan fingerprint density at radius 2 is 2.04 bits per heavy atom. The minimum atomic E-state index is 0.0438. The van der Waals surface area contributed by atoms with Crippen molar-refractivity contribution in [2.24, 2.45) is 0 Å². The van der Waals surface area contributed by atoms with Crippen LogP contribution in [0.1, 0.15) is 34.9 Å². The van der Waals surface area contributed by atoms with Crippen LogP contribution in [0.3, 0.4) is 0 Å². The molecule has 1 amide bonds. The van der Waals surface area contributed by atoms with Gasteiger partial charge >= 0.3 is 0 Å². The molecule has 0 aliphatic carbocycles.